The molecule has 0 saturated heterocycles. The summed E-state index contributed by atoms with van der Waals surface area (Å²) in [6.07, 6.45) is 0.439. The van der Waals surface area contributed by atoms with Crippen LogP contribution in [0.15, 0.2) is 60.0 Å². The Kier molecular flexibility index (Phi) is 6.75. The normalized spacial score (nSPS) is 15.5. The number of fused-ring (bicyclic) bond motifs is 1. The summed E-state index contributed by atoms with van der Waals surface area (Å²) in [6, 6.07) is 17.2. The number of nitrogens with one attached hydrogen (secondary N) is 1. The lowest BCUT2D eigenvalue weighted by atomic mass is 10.1. The number of carbonyl (C=O) groups excluding carboxylic acids is 2. The predicted molar refractivity (Wildman–Crippen MR) is 125 cm³/mol. The van der Waals surface area contributed by atoms with E-state index in [0.29, 0.717) is 37.4 Å². The maximum Gasteiger partial charge on any atom is 0.263 e. The van der Waals surface area contributed by atoms with Gasteiger partial charge in [-0.3, -0.25) is 9.59 Å². The first-order valence-corrected chi connectivity index (χ1v) is 11.4. The summed E-state index contributed by atoms with van der Waals surface area (Å²) in [5.74, 6) is 1.36. The average Bonchev–Trinajstić information content (AvgIpc) is 3.26. The van der Waals surface area contributed by atoms with Crippen LogP contribution in [0.5, 0.6) is 11.5 Å². The molecule has 6 nitrogen and oxygen atoms in total. The van der Waals surface area contributed by atoms with Crippen molar-refractivity contribution in [1.29, 1.82) is 0 Å². The second kappa shape index (κ2) is 9.87. The summed E-state index contributed by atoms with van der Waals surface area (Å²) in [6.45, 7) is 2.73. The van der Waals surface area contributed by atoms with Gasteiger partial charge in [0.1, 0.15) is 11.5 Å². The van der Waals surface area contributed by atoms with Gasteiger partial charge in [0.05, 0.1) is 13.5 Å². The lowest BCUT2D eigenvalue weighted by Gasteiger charge is -2.22. The number of hydrogen-bond acceptors (Lipinski definition) is 5. The van der Waals surface area contributed by atoms with Gasteiger partial charge in [-0.05, 0) is 54.6 Å². The second-order valence-electron chi connectivity index (χ2n) is 7.71. The van der Waals surface area contributed by atoms with Gasteiger partial charge in [-0.2, -0.15) is 0 Å². The number of hydrogen-bond donors (Lipinski definition) is 1. The van der Waals surface area contributed by atoms with Crippen molar-refractivity contribution in [2.45, 2.75) is 32.4 Å². The Hall–Kier alpha value is -3.32. The second-order valence-corrected chi connectivity index (χ2v) is 8.74. The lowest BCUT2D eigenvalue weighted by molar-refractivity contribution is -0.137. The number of ether oxygens (including phenoxy) is 2. The van der Waals surface area contributed by atoms with Crippen molar-refractivity contribution in [3.63, 3.8) is 0 Å². The smallest absolute Gasteiger partial charge is 0.263 e. The number of methoxy groups -OCH3 is 1. The standard InChI is InChI=1S/C25H26N2O4S/c1-17-25(29)27(12-11-18-6-3-4-8-22(18)30-2)16-19-14-20(9-10-23(19)31-17)26-24(28)15-21-7-5-13-32-21/h3-10,13-14,17H,11-12,15-16H2,1-2H3,(H,26,28). The molecule has 7 heteroatoms. The summed E-state index contributed by atoms with van der Waals surface area (Å²) in [5.41, 5.74) is 2.62. The van der Waals surface area contributed by atoms with E-state index in [2.05, 4.69) is 5.32 Å². The number of carbonyl (C=O) groups is 2. The van der Waals surface area contributed by atoms with E-state index >= 15 is 0 Å². The van der Waals surface area contributed by atoms with Crippen LogP contribution in [0.2, 0.25) is 0 Å². The number of para-hydroxylation sites is 1. The highest BCUT2D eigenvalue weighted by Crippen LogP contribution is 2.29. The molecule has 1 atom stereocenters. The number of thiophene rings is 1. The largest absolute Gasteiger partial charge is 0.496 e. The van der Waals surface area contributed by atoms with E-state index in [0.717, 1.165) is 21.8 Å². The van der Waals surface area contributed by atoms with Gasteiger partial charge in [0.25, 0.3) is 5.91 Å². The maximum atomic E-state index is 12.9. The molecule has 0 spiro atoms. The highest BCUT2D eigenvalue weighted by Gasteiger charge is 2.28. The lowest BCUT2D eigenvalue weighted by Crippen LogP contribution is -2.39. The molecule has 0 bridgehead atoms. The van der Waals surface area contributed by atoms with E-state index in [-0.39, 0.29) is 11.8 Å². The number of rotatable bonds is 7. The van der Waals surface area contributed by atoms with E-state index in [1.54, 1.807) is 30.3 Å². The van der Waals surface area contributed by atoms with Crippen molar-refractivity contribution < 1.29 is 19.1 Å². The van der Waals surface area contributed by atoms with Gasteiger partial charge in [0, 0.05) is 29.2 Å². The molecule has 0 saturated carbocycles. The molecular formula is C25H26N2O4S. The van der Waals surface area contributed by atoms with Crippen molar-refractivity contribution >= 4 is 28.8 Å². The third kappa shape index (κ3) is 5.11. The fourth-order valence-corrected chi connectivity index (χ4v) is 4.51. The number of anilines is 1. The van der Waals surface area contributed by atoms with Gasteiger partial charge in [-0.25, -0.2) is 0 Å². The first-order chi connectivity index (χ1) is 15.5. The van der Waals surface area contributed by atoms with Crippen LogP contribution in [0.3, 0.4) is 0 Å². The molecule has 0 aliphatic carbocycles. The van der Waals surface area contributed by atoms with Crippen LogP contribution < -0.4 is 14.8 Å². The van der Waals surface area contributed by atoms with E-state index in [1.165, 1.54) is 0 Å². The third-order valence-electron chi connectivity index (χ3n) is 5.43. The fraction of sp³-hybridized carbons (Fsp3) is 0.280. The molecule has 1 aliphatic heterocycles. The number of benzene rings is 2. The molecule has 0 radical (unpaired) electrons. The zero-order valence-electron chi connectivity index (χ0n) is 18.2. The number of amides is 2. The maximum absolute atomic E-state index is 12.9. The topological polar surface area (TPSA) is 67.9 Å². The minimum absolute atomic E-state index is 0.0561. The third-order valence-corrected chi connectivity index (χ3v) is 6.30. The van der Waals surface area contributed by atoms with E-state index in [9.17, 15) is 9.59 Å². The fourth-order valence-electron chi connectivity index (χ4n) is 3.81. The summed E-state index contributed by atoms with van der Waals surface area (Å²) in [5, 5.41) is 4.91. The molecule has 2 aromatic carbocycles. The van der Waals surface area contributed by atoms with Crippen molar-refractivity contribution in [2.24, 2.45) is 0 Å². The summed E-state index contributed by atoms with van der Waals surface area (Å²) in [4.78, 5) is 28.1. The molecule has 1 aromatic heterocycles. The van der Waals surface area contributed by atoms with Gasteiger partial charge in [-0.1, -0.05) is 24.3 Å². The van der Waals surface area contributed by atoms with Crippen molar-refractivity contribution in [3.05, 3.63) is 76.0 Å². The molecule has 166 valence electrons. The Balaban J connectivity index is 1.48. The Morgan fingerprint density at radius 2 is 2.06 bits per heavy atom. The molecule has 4 rings (SSSR count). The SMILES string of the molecule is COc1ccccc1CCN1Cc2cc(NC(=O)Cc3cccs3)ccc2OC(C)C1=O. The molecular weight excluding hydrogens is 424 g/mol. The van der Waals surface area contributed by atoms with Crippen LogP contribution >= 0.6 is 11.3 Å². The van der Waals surface area contributed by atoms with Gasteiger partial charge in [-0.15, -0.1) is 11.3 Å². The minimum atomic E-state index is -0.576. The van der Waals surface area contributed by atoms with Crippen LogP contribution in [0.1, 0.15) is 22.9 Å². The van der Waals surface area contributed by atoms with E-state index < -0.39 is 6.10 Å². The summed E-state index contributed by atoms with van der Waals surface area (Å²) >= 11 is 1.56. The summed E-state index contributed by atoms with van der Waals surface area (Å²) in [7, 11) is 1.65. The van der Waals surface area contributed by atoms with Crippen LogP contribution in [-0.4, -0.2) is 36.5 Å². The number of nitrogens with zero attached hydrogens (tertiary/aromatic N) is 1. The first-order valence-electron chi connectivity index (χ1n) is 10.6. The molecule has 1 N–H and O–H groups in total. The molecule has 1 unspecified atom stereocenters. The zero-order valence-corrected chi connectivity index (χ0v) is 19.0. The van der Waals surface area contributed by atoms with Crippen LogP contribution in [0.25, 0.3) is 0 Å². The molecule has 1 aliphatic rings. The van der Waals surface area contributed by atoms with Gasteiger partial charge in [0.15, 0.2) is 6.10 Å². The van der Waals surface area contributed by atoms with E-state index in [4.69, 9.17) is 9.47 Å². The monoisotopic (exact) mass is 450 g/mol. The van der Waals surface area contributed by atoms with Crippen molar-refractivity contribution in [1.82, 2.24) is 4.90 Å². The molecule has 2 heterocycles. The Morgan fingerprint density at radius 1 is 1.22 bits per heavy atom. The van der Waals surface area contributed by atoms with Crippen molar-refractivity contribution in [2.75, 3.05) is 19.0 Å². The van der Waals surface area contributed by atoms with Gasteiger partial charge in [0.2, 0.25) is 5.91 Å². The average molecular weight is 451 g/mol. The predicted octanol–water partition coefficient (Wildman–Crippen LogP) is 4.29. The van der Waals surface area contributed by atoms with Crippen molar-refractivity contribution in [3.8, 4) is 11.5 Å². The molecule has 3 aromatic rings. The minimum Gasteiger partial charge on any atom is -0.496 e. The molecule has 0 fully saturated rings. The highest BCUT2D eigenvalue weighted by molar-refractivity contribution is 7.10. The van der Waals surface area contributed by atoms with Crippen LogP contribution in [-0.2, 0) is 29.0 Å². The Bertz CT molecular complexity index is 1100. The van der Waals surface area contributed by atoms with Crippen LogP contribution in [0.4, 0.5) is 5.69 Å². The molecule has 32 heavy (non-hydrogen) atoms. The van der Waals surface area contributed by atoms with Gasteiger partial charge < -0.3 is 19.7 Å². The highest BCUT2D eigenvalue weighted by atomic mass is 32.1. The van der Waals surface area contributed by atoms with E-state index in [1.807, 2.05) is 60.0 Å². The quantitative estimate of drug-likeness (QED) is 0.583. The zero-order chi connectivity index (χ0) is 22.5. The van der Waals surface area contributed by atoms with Gasteiger partial charge >= 0.3 is 0 Å². The summed E-state index contributed by atoms with van der Waals surface area (Å²) < 4.78 is 11.4. The molecule has 2 amide bonds. The Labute approximate surface area is 191 Å². The Morgan fingerprint density at radius 3 is 2.84 bits per heavy atom. The first kappa shape index (κ1) is 21.9. The van der Waals surface area contributed by atoms with Crippen LogP contribution in [0, 0.1) is 0 Å².